The minimum absolute atomic E-state index is 0.121. The number of aromatic nitrogens is 3. The molecule has 2 aliphatic rings. The Morgan fingerprint density at radius 1 is 1.12 bits per heavy atom. The summed E-state index contributed by atoms with van der Waals surface area (Å²) in [7, 11) is 0. The number of piperidine rings is 1. The van der Waals surface area contributed by atoms with Crippen LogP contribution in [0, 0.1) is 18.7 Å². The van der Waals surface area contributed by atoms with E-state index in [2.05, 4.69) is 19.9 Å². The molecular weight excluding hydrogens is 407 g/mol. The highest BCUT2D eigenvalue weighted by atomic mass is 19.1. The fourth-order valence-electron chi connectivity index (χ4n) is 4.99. The molecular formula is C25H25FN4O2. The Morgan fingerprint density at radius 3 is 2.75 bits per heavy atom. The average molecular weight is 432 g/mol. The maximum absolute atomic E-state index is 13.9. The summed E-state index contributed by atoms with van der Waals surface area (Å²) >= 11 is 0. The number of benzene rings is 1. The van der Waals surface area contributed by atoms with E-state index in [9.17, 15) is 9.18 Å². The summed E-state index contributed by atoms with van der Waals surface area (Å²) in [5.74, 6) is 1.05. The lowest BCUT2D eigenvalue weighted by Crippen LogP contribution is -2.51. The van der Waals surface area contributed by atoms with Gasteiger partial charge in [-0.2, -0.15) is 0 Å². The van der Waals surface area contributed by atoms with Gasteiger partial charge in [-0.3, -0.25) is 9.69 Å². The Kier molecular flexibility index (Phi) is 5.66. The molecule has 0 amide bonds. The number of pyridine rings is 1. The number of Topliss-reactive ketones (excluding diaryl/α,β-unsaturated/α-hetero) is 1. The van der Waals surface area contributed by atoms with Crippen molar-refractivity contribution < 1.29 is 13.9 Å². The SMILES string of the molecule is Cc1ccc(-c2ncccn2)c(C(=O)C2[C@H]3CC[C@H](COc4ccc(F)cn4)[N@]2CC3)c1. The number of fused-ring (bicyclic) bond motifs is 2. The van der Waals surface area contributed by atoms with Gasteiger partial charge in [-0.05, 0) is 56.8 Å². The first kappa shape index (κ1) is 20.7. The molecule has 0 aliphatic carbocycles. The van der Waals surface area contributed by atoms with Crippen molar-refractivity contribution in [1.29, 1.82) is 0 Å². The first-order valence-electron chi connectivity index (χ1n) is 11.0. The van der Waals surface area contributed by atoms with Crippen LogP contribution in [0.4, 0.5) is 4.39 Å². The third-order valence-electron chi connectivity index (χ3n) is 6.54. The summed E-state index contributed by atoms with van der Waals surface area (Å²) in [6, 6.07) is 10.5. The molecule has 7 heteroatoms. The minimum atomic E-state index is -0.389. The van der Waals surface area contributed by atoms with E-state index >= 15 is 0 Å². The number of hydrogen-bond donors (Lipinski definition) is 0. The Hall–Kier alpha value is -3.19. The van der Waals surface area contributed by atoms with E-state index < -0.39 is 0 Å². The molecule has 3 aromatic rings. The summed E-state index contributed by atoms with van der Waals surface area (Å²) in [4.78, 5) is 28.9. The molecule has 6 nitrogen and oxygen atoms in total. The predicted octanol–water partition coefficient (Wildman–Crippen LogP) is 4.10. The molecule has 0 saturated carbocycles. The van der Waals surface area contributed by atoms with Gasteiger partial charge in [-0.15, -0.1) is 0 Å². The fourth-order valence-corrected chi connectivity index (χ4v) is 4.99. The van der Waals surface area contributed by atoms with Crippen molar-refractivity contribution in [3.63, 3.8) is 0 Å². The largest absolute Gasteiger partial charge is 0.476 e. The van der Waals surface area contributed by atoms with E-state index in [1.54, 1.807) is 18.5 Å². The fraction of sp³-hybridized carbons (Fsp3) is 0.360. The molecule has 32 heavy (non-hydrogen) atoms. The molecule has 1 aromatic carbocycles. The summed E-state index contributed by atoms with van der Waals surface area (Å²) in [6.07, 6.45) is 7.51. The molecule has 4 atom stereocenters. The summed E-state index contributed by atoms with van der Waals surface area (Å²) in [5.41, 5.74) is 2.49. The Morgan fingerprint density at radius 2 is 1.97 bits per heavy atom. The maximum Gasteiger partial charge on any atom is 0.213 e. The third kappa shape index (κ3) is 4.00. The molecule has 2 aliphatic heterocycles. The van der Waals surface area contributed by atoms with Gasteiger partial charge < -0.3 is 4.74 Å². The van der Waals surface area contributed by atoms with E-state index in [1.165, 1.54) is 12.1 Å². The van der Waals surface area contributed by atoms with E-state index in [4.69, 9.17) is 4.74 Å². The van der Waals surface area contributed by atoms with Crippen molar-refractivity contribution in [3.05, 3.63) is 71.9 Å². The lowest BCUT2D eigenvalue weighted by atomic mass is 9.83. The second-order valence-electron chi connectivity index (χ2n) is 8.57. The number of aryl methyl sites for hydroxylation is 1. The Bertz CT molecular complexity index is 1110. The molecule has 2 bridgehead atoms. The summed E-state index contributed by atoms with van der Waals surface area (Å²) in [5, 5.41) is 0. The molecule has 0 radical (unpaired) electrons. The number of ether oxygens (including phenoxy) is 1. The second kappa shape index (κ2) is 8.74. The zero-order valence-electron chi connectivity index (χ0n) is 17.9. The summed E-state index contributed by atoms with van der Waals surface area (Å²) < 4.78 is 19.0. The normalized spacial score (nSPS) is 24.3. The van der Waals surface area contributed by atoms with E-state index in [1.807, 2.05) is 25.1 Å². The van der Waals surface area contributed by atoms with Gasteiger partial charge in [-0.1, -0.05) is 17.7 Å². The monoisotopic (exact) mass is 432 g/mol. The minimum Gasteiger partial charge on any atom is -0.476 e. The average Bonchev–Trinajstić information content (AvgIpc) is 3.13. The standard InChI is InChI=1S/C25H25FN4O2/c1-16-3-7-20(25-27-10-2-11-28-25)21(13-16)24(31)23-17-4-6-19(30(23)12-9-17)15-32-22-8-5-18(26)14-29-22/h2-3,5,7-8,10-11,13-14,17,19,23H,4,6,9,12,15H2,1H3/t17-,19+,23?/m0/s1. The van der Waals surface area contributed by atoms with Crippen LogP contribution in [-0.2, 0) is 0 Å². The Labute approximate surface area is 186 Å². The van der Waals surface area contributed by atoms with Crippen molar-refractivity contribution in [3.8, 4) is 17.3 Å². The number of ketones is 1. The lowest BCUT2D eigenvalue weighted by Gasteiger charge is -2.38. The van der Waals surface area contributed by atoms with Crippen LogP contribution in [0.25, 0.3) is 11.4 Å². The third-order valence-corrected chi connectivity index (χ3v) is 6.54. The number of halogens is 1. The smallest absolute Gasteiger partial charge is 0.213 e. The highest BCUT2D eigenvalue weighted by Gasteiger charge is 2.46. The highest BCUT2D eigenvalue weighted by Crippen LogP contribution is 2.39. The van der Waals surface area contributed by atoms with Crippen molar-refractivity contribution in [2.45, 2.75) is 38.3 Å². The molecule has 5 rings (SSSR count). The number of carbonyl (C=O) groups is 1. The number of carbonyl (C=O) groups excluding carboxylic acids is 1. The van der Waals surface area contributed by atoms with Gasteiger partial charge in [0.1, 0.15) is 12.4 Å². The first-order chi connectivity index (χ1) is 15.6. The van der Waals surface area contributed by atoms with Gasteiger partial charge in [-0.25, -0.2) is 19.3 Å². The topological polar surface area (TPSA) is 68.2 Å². The van der Waals surface area contributed by atoms with Crippen LogP contribution in [0.3, 0.4) is 0 Å². The summed E-state index contributed by atoms with van der Waals surface area (Å²) in [6.45, 7) is 3.29. The van der Waals surface area contributed by atoms with Crippen LogP contribution in [0.1, 0.15) is 35.2 Å². The van der Waals surface area contributed by atoms with E-state index in [-0.39, 0.29) is 23.7 Å². The number of rotatable bonds is 6. The van der Waals surface area contributed by atoms with E-state index in [0.717, 1.165) is 43.1 Å². The quantitative estimate of drug-likeness (QED) is 0.547. The van der Waals surface area contributed by atoms with Crippen LogP contribution in [0.5, 0.6) is 5.88 Å². The van der Waals surface area contributed by atoms with Crippen LogP contribution in [0.15, 0.2) is 55.0 Å². The predicted molar refractivity (Wildman–Crippen MR) is 118 cm³/mol. The van der Waals surface area contributed by atoms with Crippen molar-refractivity contribution in [2.75, 3.05) is 13.2 Å². The number of hydrogen-bond acceptors (Lipinski definition) is 6. The van der Waals surface area contributed by atoms with Crippen molar-refractivity contribution in [1.82, 2.24) is 19.9 Å². The van der Waals surface area contributed by atoms with Gasteiger partial charge in [0, 0.05) is 35.6 Å². The van der Waals surface area contributed by atoms with Crippen LogP contribution in [0.2, 0.25) is 0 Å². The highest BCUT2D eigenvalue weighted by molar-refractivity contribution is 6.05. The second-order valence-corrected chi connectivity index (χ2v) is 8.57. The van der Waals surface area contributed by atoms with Gasteiger partial charge in [0.2, 0.25) is 5.88 Å². The van der Waals surface area contributed by atoms with Crippen molar-refractivity contribution in [2.24, 2.45) is 5.92 Å². The van der Waals surface area contributed by atoms with E-state index in [0.29, 0.717) is 29.8 Å². The van der Waals surface area contributed by atoms with Crippen molar-refractivity contribution >= 4 is 5.78 Å². The Balaban J connectivity index is 1.39. The van der Waals surface area contributed by atoms with Gasteiger partial charge >= 0.3 is 0 Å². The molecule has 164 valence electrons. The maximum atomic E-state index is 13.9. The number of nitrogens with zero attached hydrogens (tertiary/aromatic N) is 4. The molecule has 4 heterocycles. The molecule has 2 aromatic heterocycles. The first-order valence-corrected chi connectivity index (χ1v) is 11.0. The molecule has 0 spiro atoms. The molecule has 1 unspecified atom stereocenters. The molecule has 0 N–H and O–H groups in total. The van der Waals surface area contributed by atoms with Crippen LogP contribution < -0.4 is 4.74 Å². The lowest BCUT2D eigenvalue weighted by molar-refractivity contribution is 0.0532. The van der Waals surface area contributed by atoms with Gasteiger partial charge in [0.05, 0.1) is 12.2 Å². The molecule has 2 saturated heterocycles. The zero-order valence-corrected chi connectivity index (χ0v) is 17.9. The van der Waals surface area contributed by atoms with Gasteiger partial charge in [0.15, 0.2) is 11.6 Å². The van der Waals surface area contributed by atoms with Crippen LogP contribution >= 0.6 is 0 Å². The molecule has 2 fully saturated rings. The van der Waals surface area contributed by atoms with Crippen LogP contribution in [-0.4, -0.2) is 50.9 Å². The zero-order chi connectivity index (χ0) is 22.1. The van der Waals surface area contributed by atoms with Gasteiger partial charge in [0.25, 0.3) is 0 Å².